The molecule has 1 aromatic carbocycles. The summed E-state index contributed by atoms with van der Waals surface area (Å²) >= 11 is 0. The SMILES string of the molecule is COCC(=O)N(Cc1ccco1)c1ccccc1. The van der Waals surface area contributed by atoms with Gasteiger partial charge >= 0.3 is 0 Å². The highest BCUT2D eigenvalue weighted by molar-refractivity contribution is 5.94. The van der Waals surface area contributed by atoms with E-state index in [9.17, 15) is 4.79 Å². The van der Waals surface area contributed by atoms with Crippen molar-refractivity contribution in [3.8, 4) is 0 Å². The smallest absolute Gasteiger partial charge is 0.253 e. The number of ether oxygens (including phenoxy) is 1. The van der Waals surface area contributed by atoms with Gasteiger partial charge in [0.25, 0.3) is 5.91 Å². The van der Waals surface area contributed by atoms with Gasteiger partial charge in [0.1, 0.15) is 12.4 Å². The maximum absolute atomic E-state index is 12.0. The number of carbonyl (C=O) groups is 1. The molecule has 0 aliphatic carbocycles. The third-order valence-electron chi connectivity index (χ3n) is 2.53. The maximum Gasteiger partial charge on any atom is 0.253 e. The molecule has 1 heterocycles. The minimum Gasteiger partial charge on any atom is -0.467 e. The van der Waals surface area contributed by atoms with Crippen LogP contribution in [-0.4, -0.2) is 19.6 Å². The number of carbonyl (C=O) groups excluding carboxylic acids is 1. The Labute approximate surface area is 106 Å². The lowest BCUT2D eigenvalue weighted by Gasteiger charge is -2.21. The van der Waals surface area contributed by atoms with Crippen molar-refractivity contribution in [2.75, 3.05) is 18.6 Å². The molecule has 0 saturated carbocycles. The monoisotopic (exact) mass is 245 g/mol. The maximum atomic E-state index is 12.0. The number of rotatable bonds is 5. The molecule has 18 heavy (non-hydrogen) atoms. The fourth-order valence-corrected chi connectivity index (χ4v) is 1.69. The Hall–Kier alpha value is -2.07. The minimum atomic E-state index is -0.0971. The fourth-order valence-electron chi connectivity index (χ4n) is 1.69. The Morgan fingerprint density at radius 1 is 1.22 bits per heavy atom. The Kier molecular flexibility index (Phi) is 4.15. The molecule has 0 saturated heterocycles. The summed E-state index contributed by atoms with van der Waals surface area (Å²) in [5.41, 5.74) is 0.830. The van der Waals surface area contributed by atoms with Crippen LogP contribution in [0.2, 0.25) is 0 Å². The number of hydrogen-bond acceptors (Lipinski definition) is 3. The molecule has 4 heteroatoms. The van der Waals surface area contributed by atoms with Crippen molar-refractivity contribution in [2.24, 2.45) is 0 Å². The van der Waals surface area contributed by atoms with Crippen molar-refractivity contribution in [3.63, 3.8) is 0 Å². The molecule has 0 spiro atoms. The first kappa shape index (κ1) is 12.4. The van der Waals surface area contributed by atoms with Gasteiger partial charge in [-0.05, 0) is 24.3 Å². The lowest BCUT2D eigenvalue weighted by atomic mass is 10.2. The summed E-state index contributed by atoms with van der Waals surface area (Å²) in [5.74, 6) is 0.642. The highest BCUT2D eigenvalue weighted by atomic mass is 16.5. The van der Waals surface area contributed by atoms with Crippen LogP contribution in [0.3, 0.4) is 0 Å². The highest BCUT2D eigenvalue weighted by Gasteiger charge is 2.16. The zero-order valence-electron chi connectivity index (χ0n) is 10.2. The van der Waals surface area contributed by atoms with Gasteiger partial charge < -0.3 is 14.1 Å². The Balaban J connectivity index is 2.20. The van der Waals surface area contributed by atoms with Crippen LogP contribution in [0.4, 0.5) is 5.69 Å². The number of nitrogens with zero attached hydrogens (tertiary/aromatic N) is 1. The first-order chi connectivity index (χ1) is 8.81. The van der Waals surface area contributed by atoms with Crippen LogP contribution in [0.15, 0.2) is 53.1 Å². The van der Waals surface area contributed by atoms with E-state index in [-0.39, 0.29) is 12.5 Å². The van der Waals surface area contributed by atoms with Gasteiger partial charge in [0.15, 0.2) is 0 Å². The molecule has 1 aromatic heterocycles. The van der Waals surface area contributed by atoms with Crippen LogP contribution in [0.5, 0.6) is 0 Å². The lowest BCUT2D eigenvalue weighted by molar-refractivity contribution is -0.122. The highest BCUT2D eigenvalue weighted by Crippen LogP contribution is 2.17. The van der Waals surface area contributed by atoms with Gasteiger partial charge in [-0.15, -0.1) is 0 Å². The van der Waals surface area contributed by atoms with E-state index in [1.54, 1.807) is 17.2 Å². The molecule has 94 valence electrons. The van der Waals surface area contributed by atoms with E-state index in [0.717, 1.165) is 11.4 Å². The zero-order valence-corrected chi connectivity index (χ0v) is 10.2. The molecule has 0 aliphatic heterocycles. The van der Waals surface area contributed by atoms with E-state index in [2.05, 4.69) is 0 Å². The van der Waals surface area contributed by atoms with Crippen LogP contribution in [-0.2, 0) is 16.1 Å². The number of para-hydroxylation sites is 1. The molecule has 4 nitrogen and oxygen atoms in total. The molecule has 1 amide bonds. The molecular formula is C14H15NO3. The Morgan fingerprint density at radius 3 is 2.61 bits per heavy atom. The summed E-state index contributed by atoms with van der Waals surface area (Å²) in [4.78, 5) is 13.7. The molecule has 2 aromatic rings. The molecule has 0 atom stereocenters. The number of anilines is 1. The first-order valence-electron chi connectivity index (χ1n) is 5.68. The number of benzene rings is 1. The number of furan rings is 1. The van der Waals surface area contributed by atoms with Gasteiger partial charge in [-0.25, -0.2) is 0 Å². The van der Waals surface area contributed by atoms with Gasteiger partial charge in [0.2, 0.25) is 0 Å². The normalized spacial score (nSPS) is 10.3. The first-order valence-corrected chi connectivity index (χ1v) is 5.68. The van der Waals surface area contributed by atoms with Crippen LogP contribution in [0.25, 0.3) is 0 Å². The van der Waals surface area contributed by atoms with E-state index >= 15 is 0 Å². The van der Waals surface area contributed by atoms with E-state index < -0.39 is 0 Å². The quantitative estimate of drug-likeness (QED) is 0.812. The number of amides is 1. The predicted octanol–water partition coefficient (Wildman–Crippen LogP) is 2.46. The summed E-state index contributed by atoms with van der Waals surface area (Å²) in [7, 11) is 1.51. The Morgan fingerprint density at radius 2 is 2.00 bits per heavy atom. The molecule has 0 N–H and O–H groups in total. The van der Waals surface area contributed by atoms with Gasteiger partial charge in [0, 0.05) is 12.8 Å². The van der Waals surface area contributed by atoms with Crippen LogP contribution >= 0.6 is 0 Å². The third-order valence-corrected chi connectivity index (χ3v) is 2.53. The van der Waals surface area contributed by atoms with Crippen molar-refractivity contribution in [3.05, 3.63) is 54.5 Å². The number of hydrogen-bond donors (Lipinski definition) is 0. The van der Waals surface area contributed by atoms with Gasteiger partial charge in [-0.1, -0.05) is 18.2 Å². The van der Waals surface area contributed by atoms with Crippen molar-refractivity contribution in [2.45, 2.75) is 6.54 Å². The lowest BCUT2D eigenvalue weighted by Crippen LogP contribution is -2.33. The summed E-state index contributed by atoms with van der Waals surface area (Å²) in [6.45, 7) is 0.453. The average Bonchev–Trinajstić information content (AvgIpc) is 2.90. The fraction of sp³-hybridized carbons (Fsp3) is 0.214. The second-order valence-corrected chi connectivity index (χ2v) is 3.83. The van der Waals surface area contributed by atoms with Crippen molar-refractivity contribution in [1.29, 1.82) is 0 Å². The molecule has 0 unspecified atom stereocenters. The van der Waals surface area contributed by atoms with Crippen molar-refractivity contribution < 1.29 is 13.9 Å². The summed E-state index contributed by atoms with van der Waals surface area (Å²) < 4.78 is 10.2. The molecule has 2 rings (SSSR count). The van der Waals surface area contributed by atoms with E-state index in [4.69, 9.17) is 9.15 Å². The van der Waals surface area contributed by atoms with Gasteiger partial charge in [0.05, 0.1) is 12.8 Å². The van der Waals surface area contributed by atoms with Crippen LogP contribution in [0.1, 0.15) is 5.76 Å². The predicted molar refractivity (Wildman–Crippen MR) is 68.2 cm³/mol. The molecule has 0 aliphatic rings. The zero-order chi connectivity index (χ0) is 12.8. The molecule has 0 fully saturated rings. The van der Waals surface area contributed by atoms with Crippen LogP contribution < -0.4 is 4.90 Å². The number of methoxy groups -OCH3 is 1. The van der Waals surface area contributed by atoms with E-state index in [1.807, 2.05) is 36.4 Å². The average molecular weight is 245 g/mol. The summed E-state index contributed by atoms with van der Waals surface area (Å²) in [6.07, 6.45) is 1.60. The standard InChI is InChI=1S/C14H15NO3/c1-17-11-14(16)15(10-13-8-5-9-18-13)12-6-3-2-4-7-12/h2-9H,10-11H2,1H3. The Bertz CT molecular complexity index is 479. The minimum absolute atomic E-state index is 0.0512. The van der Waals surface area contributed by atoms with E-state index in [1.165, 1.54) is 7.11 Å². The molecule has 0 radical (unpaired) electrons. The second kappa shape index (κ2) is 6.02. The van der Waals surface area contributed by atoms with Gasteiger partial charge in [-0.2, -0.15) is 0 Å². The topological polar surface area (TPSA) is 42.7 Å². The molecular weight excluding hydrogens is 230 g/mol. The third kappa shape index (κ3) is 2.99. The second-order valence-electron chi connectivity index (χ2n) is 3.83. The summed E-state index contributed by atoms with van der Waals surface area (Å²) in [5, 5.41) is 0. The van der Waals surface area contributed by atoms with Crippen molar-refractivity contribution >= 4 is 11.6 Å². The van der Waals surface area contributed by atoms with Crippen molar-refractivity contribution in [1.82, 2.24) is 0 Å². The van der Waals surface area contributed by atoms with Gasteiger partial charge in [-0.3, -0.25) is 4.79 Å². The van der Waals surface area contributed by atoms with Crippen LogP contribution in [0, 0.1) is 0 Å². The molecule has 0 bridgehead atoms. The summed E-state index contributed by atoms with van der Waals surface area (Å²) in [6, 6.07) is 13.1. The van der Waals surface area contributed by atoms with E-state index in [0.29, 0.717) is 6.54 Å². The largest absolute Gasteiger partial charge is 0.467 e.